The Bertz CT molecular complexity index is 4130. The molecule has 0 aliphatic rings. The highest BCUT2D eigenvalue weighted by atomic mass is 16.2. The van der Waals surface area contributed by atoms with Crippen LogP contribution < -0.4 is 100 Å². The number of fused-ring (bicyclic) bond motifs is 2. The SMILES string of the molecule is CC(=O)N[C@@H](CCCN=C(N)N)C(=O)N[C@H](Cn1ccc(=O)[nH]c1=O)C(=O)N(C)CC(=O)N[C@H](Cn1cc(C)c(=O)[nH]c1=O)C(=O)N[C@H](Cn1c(=O)[nH]c2ccccc2c1=O)C(=O)N[C@H](Cn1cnc2c(N)ncnc21)C(=O)N[C@@H](CCCN=C(N)N)C(N)=O. The molecule has 21 N–H and O–H groups in total. The number of carbonyl (C=O) groups is 8. The summed E-state index contributed by atoms with van der Waals surface area (Å²) in [5.41, 5.74) is 27.8. The highest BCUT2D eigenvalue weighted by Crippen LogP contribution is 2.15. The maximum Gasteiger partial charge on any atom is 0.328 e. The number of nitrogens with zero attached hydrogens (tertiary/aromatic N) is 10. The van der Waals surface area contributed by atoms with Crippen LogP contribution in [0.1, 0.15) is 38.2 Å². The number of likely N-dealkylation sites (N-methyl/N-ethyl adjacent to an activating group) is 1. The minimum Gasteiger partial charge on any atom is -0.382 e. The van der Waals surface area contributed by atoms with Crippen molar-refractivity contribution in [2.75, 3.05) is 32.4 Å². The Kier molecular flexibility index (Phi) is 22.8. The first-order chi connectivity index (χ1) is 42.6. The monoisotopic (exact) mass is 1250 g/mol. The third-order valence-corrected chi connectivity index (χ3v) is 13.4. The third-order valence-electron chi connectivity index (χ3n) is 13.4. The number of benzene rings is 1. The molecule has 8 amide bonds. The Balaban J connectivity index is 1.37. The molecule has 5 heterocycles. The molecule has 6 atom stereocenters. The number of nitrogens with one attached hydrogen (secondary N) is 9. The minimum absolute atomic E-state index is 0.0162. The zero-order valence-corrected chi connectivity index (χ0v) is 48.6. The predicted octanol–water partition coefficient (Wildman–Crippen LogP) is -9.50. The minimum atomic E-state index is -2.11. The van der Waals surface area contributed by atoms with Crippen molar-refractivity contribution in [1.82, 2.24) is 85.0 Å². The number of guanidine groups is 2. The van der Waals surface area contributed by atoms with Crippen LogP contribution in [-0.4, -0.2) is 175 Å². The predicted molar refractivity (Wildman–Crippen MR) is 320 cm³/mol. The fourth-order valence-corrected chi connectivity index (χ4v) is 8.98. The van der Waals surface area contributed by atoms with Gasteiger partial charge in [-0.2, -0.15) is 0 Å². The summed E-state index contributed by atoms with van der Waals surface area (Å²) in [5.74, 6) is -9.13. The number of carbonyl (C=O) groups excluding carboxylic acids is 8. The molecular formula is C51H67N25O14. The summed E-state index contributed by atoms with van der Waals surface area (Å²) in [6, 6.07) is -3.61. The molecule has 0 aliphatic heterocycles. The Morgan fingerprint density at radius 1 is 0.622 bits per heavy atom. The summed E-state index contributed by atoms with van der Waals surface area (Å²) in [5, 5.41) is 14.6. The number of para-hydroxylation sites is 1. The fraction of sp³-hybridized carbons (Fsp3) is 0.392. The summed E-state index contributed by atoms with van der Waals surface area (Å²) < 4.78 is 3.49. The molecule has 6 aromatic rings. The van der Waals surface area contributed by atoms with Gasteiger partial charge in [-0.05, 0) is 44.7 Å². The van der Waals surface area contributed by atoms with Crippen LogP contribution in [0.4, 0.5) is 5.82 Å². The van der Waals surface area contributed by atoms with Crippen molar-refractivity contribution in [2.45, 2.75) is 102 Å². The number of anilines is 1. The smallest absolute Gasteiger partial charge is 0.328 e. The average molecular weight is 1250 g/mol. The standard InChI is InChI=1S/C51H67N25O14/c1-24-16-74(50(89)71-40(24)81)17-30(64-35(79)21-72(3)46(87)33(19-73-15-12-34(78)70-49(73)88)68-41(82)29(63-25(2)77)11-7-14-59-48(56)57)42(83)67-32(20-76-45(86)26-8-4-5-9-27(26)69-51(76)90)44(85)66-31(18-75-23-62-36-37(52)60-22-61-39(36)75)43(84)65-28(38(53)80)10-6-13-58-47(54)55/h4-5,8-9,12,15-16,22-23,28-33H,6-7,10-11,13-14,17-21H2,1-3H3,(H2,53,80)(H,63,77)(H,64,79)(H,65,84)(H,66,85)(H,67,83)(H,68,82)(H,69,90)(H2,52,60,61)(H4,54,55,58)(H4,56,57,59)(H,70,78,88)(H,71,81,89)/t28-,29-,30+,31+,32+,33+/m0/s1. The summed E-state index contributed by atoms with van der Waals surface area (Å²) in [6.45, 7) is -1.58. The number of hydrogen-bond acceptors (Lipinski definition) is 20. The van der Waals surface area contributed by atoms with Crippen molar-refractivity contribution >= 4 is 87.1 Å². The van der Waals surface area contributed by atoms with Crippen LogP contribution >= 0.6 is 0 Å². The Morgan fingerprint density at radius 2 is 1.18 bits per heavy atom. The van der Waals surface area contributed by atoms with E-state index in [1.807, 2.05) is 4.98 Å². The van der Waals surface area contributed by atoms with E-state index in [0.29, 0.717) is 4.57 Å². The van der Waals surface area contributed by atoms with E-state index < -0.39 is 150 Å². The summed E-state index contributed by atoms with van der Waals surface area (Å²) in [6.07, 6.45) is 4.43. The molecule has 480 valence electrons. The van der Waals surface area contributed by atoms with Gasteiger partial charge < -0.3 is 80.8 Å². The lowest BCUT2D eigenvalue weighted by Crippen LogP contribution is -2.61. The number of aliphatic imine (C=N–C) groups is 2. The number of aromatic amines is 3. The van der Waals surface area contributed by atoms with Gasteiger partial charge in [-0.3, -0.25) is 86.4 Å². The van der Waals surface area contributed by atoms with Gasteiger partial charge in [0, 0.05) is 51.1 Å². The van der Waals surface area contributed by atoms with Crippen molar-refractivity contribution < 1.29 is 38.4 Å². The highest BCUT2D eigenvalue weighted by Gasteiger charge is 2.35. The number of rotatable bonds is 30. The van der Waals surface area contributed by atoms with Gasteiger partial charge in [0.2, 0.25) is 47.3 Å². The molecule has 6 rings (SSSR count). The molecule has 0 aliphatic carbocycles. The summed E-state index contributed by atoms with van der Waals surface area (Å²) >= 11 is 0. The van der Waals surface area contributed by atoms with E-state index in [-0.39, 0.29) is 84.1 Å². The Morgan fingerprint density at radius 3 is 1.80 bits per heavy atom. The van der Waals surface area contributed by atoms with Gasteiger partial charge in [0.05, 0.1) is 50.0 Å². The largest absolute Gasteiger partial charge is 0.382 e. The van der Waals surface area contributed by atoms with Gasteiger partial charge in [0.15, 0.2) is 23.4 Å². The molecule has 0 bridgehead atoms. The zero-order valence-electron chi connectivity index (χ0n) is 48.6. The first-order valence-electron chi connectivity index (χ1n) is 27.3. The van der Waals surface area contributed by atoms with Gasteiger partial charge >= 0.3 is 17.1 Å². The van der Waals surface area contributed by atoms with E-state index in [2.05, 4.69) is 66.8 Å². The molecule has 0 saturated heterocycles. The normalized spacial score (nSPS) is 13.1. The zero-order chi connectivity index (χ0) is 66.1. The van der Waals surface area contributed by atoms with Gasteiger partial charge in [0.1, 0.15) is 48.1 Å². The lowest BCUT2D eigenvalue weighted by Gasteiger charge is -2.28. The quantitative estimate of drug-likeness (QED) is 0.0113. The van der Waals surface area contributed by atoms with Crippen molar-refractivity contribution in [3.63, 3.8) is 0 Å². The Labute approximate surface area is 505 Å². The molecular weight excluding hydrogens is 1190 g/mol. The van der Waals surface area contributed by atoms with Crippen LogP contribution in [-0.2, 0) is 64.5 Å². The van der Waals surface area contributed by atoms with E-state index >= 15 is 4.79 Å². The number of hydrogen-bond donors (Lipinski definition) is 15. The molecule has 39 nitrogen and oxygen atoms in total. The maximum atomic E-state index is 15.0. The second-order valence-corrected chi connectivity index (χ2v) is 20.3. The van der Waals surface area contributed by atoms with Gasteiger partial charge in [-0.1, -0.05) is 12.1 Å². The van der Waals surface area contributed by atoms with Crippen molar-refractivity contribution in [2.24, 2.45) is 38.7 Å². The molecule has 0 fully saturated rings. The molecule has 0 radical (unpaired) electrons. The first-order valence-corrected chi connectivity index (χ1v) is 27.3. The number of aromatic nitrogens is 10. The Hall–Kier alpha value is -11.8. The van der Waals surface area contributed by atoms with Gasteiger partial charge in [-0.25, -0.2) is 29.3 Å². The molecule has 0 saturated carbocycles. The van der Waals surface area contributed by atoms with E-state index in [1.54, 1.807) is 0 Å². The van der Waals surface area contributed by atoms with Gasteiger partial charge in [-0.15, -0.1) is 0 Å². The van der Waals surface area contributed by atoms with E-state index in [4.69, 9.17) is 34.4 Å². The van der Waals surface area contributed by atoms with E-state index in [9.17, 15) is 62.3 Å². The van der Waals surface area contributed by atoms with Crippen molar-refractivity contribution in [3.05, 3.63) is 123 Å². The first kappa shape index (κ1) is 67.3. The summed E-state index contributed by atoms with van der Waals surface area (Å²) in [4.78, 5) is 218. The van der Waals surface area contributed by atoms with Crippen LogP contribution in [0.3, 0.4) is 0 Å². The number of amides is 8. The molecule has 90 heavy (non-hydrogen) atoms. The second kappa shape index (κ2) is 30.5. The van der Waals surface area contributed by atoms with E-state index in [0.717, 1.165) is 52.8 Å². The fourth-order valence-electron chi connectivity index (χ4n) is 8.98. The molecule has 0 spiro atoms. The van der Waals surface area contributed by atoms with Crippen LogP contribution in [0.2, 0.25) is 0 Å². The van der Waals surface area contributed by atoms with Crippen LogP contribution in [0, 0.1) is 6.92 Å². The second-order valence-electron chi connectivity index (χ2n) is 20.3. The topological polar surface area (TPSA) is 601 Å². The van der Waals surface area contributed by atoms with Crippen molar-refractivity contribution in [3.8, 4) is 0 Å². The maximum absolute atomic E-state index is 15.0. The highest BCUT2D eigenvalue weighted by molar-refractivity contribution is 5.97. The lowest BCUT2D eigenvalue weighted by atomic mass is 10.1. The number of imidazole rings is 1. The molecule has 39 heteroatoms. The number of H-pyrrole nitrogens is 3. The van der Waals surface area contributed by atoms with Crippen LogP contribution in [0.25, 0.3) is 22.1 Å². The number of nitrogens with two attached hydrogens (primary N) is 6. The van der Waals surface area contributed by atoms with Crippen LogP contribution in [0.15, 0.2) is 94.1 Å². The molecule has 5 aromatic heterocycles. The van der Waals surface area contributed by atoms with E-state index in [1.165, 1.54) is 42.1 Å². The third kappa shape index (κ3) is 18.3. The molecule has 1 aromatic carbocycles. The molecule has 0 unspecified atom stereocenters. The number of nitrogen functional groups attached to an aromatic ring is 1. The lowest BCUT2D eigenvalue weighted by molar-refractivity contribution is -0.140. The van der Waals surface area contributed by atoms with Crippen molar-refractivity contribution in [1.29, 1.82) is 0 Å². The number of aryl methyl sites for hydroxylation is 1. The van der Waals surface area contributed by atoms with Gasteiger partial charge in [0.25, 0.3) is 16.7 Å². The van der Waals surface area contributed by atoms with Crippen LogP contribution in [0.5, 0.6) is 0 Å². The summed E-state index contributed by atoms with van der Waals surface area (Å²) in [7, 11) is 1.08. The number of primary amides is 1. The average Bonchev–Trinajstić information content (AvgIpc) is 1.22.